The molecule has 0 radical (unpaired) electrons. The summed E-state index contributed by atoms with van der Waals surface area (Å²) in [6.07, 6.45) is 1.82. The van der Waals surface area contributed by atoms with Gasteiger partial charge in [-0.25, -0.2) is 4.68 Å². The minimum atomic E-state index is -0.0832. The van der Waals surface area contributed by atoms with Crippen molar-refractivity contribution < 1.29 is 4.79 Å². The molecule has 2 heterocycles. The lowest BCUT2D eigenvalue weighted by molar-refractivity contribution is 0.0941. The van der Waals surface area contributed by atoms with E-state index in [1.807, 2.05) is 66.9 Å². The molecule has 6 nitrogen and oxygen atoms in total. The number of likely N-dealkylation sites (N-methyl/N-ethyl adjacent to an activating group) is 1. The molecule has 0 spiro atoms. The molecule has 150 valence electrons. The van der Waals surface area contributed by atoms with Gasteiger partial charge < -0.3 is 10.2 Å². The number of nitrogens with one attached hydrogen (secondary N) is 1. The Balaban J connectivity index is 1.50. The Morgan fingerprint density at radius 2 is 1.62 bits per heavy atom. The summed E-state index contributed by atoms with van der Waals surface area (Å²) >= 11 is 0. The highest BCUT2D eigenvalue weighted by molar-refractivity contribution is 5.99. The van der Waals surface area contributed by atoms with Crippen LogP contribution < -0.4 is 5.32 Å². The van der Waals surface area contributed by atoms with E-state index in [-0.39, 0.29) is 5.91 Å². The molecule has 2 aromatic carbocycles. The van der Waals surface area contributed by atoms with E-state index in [2.05, 4.69) is 22.2 Å². The van der Waals surface area contributed by atoms with Crippen molar-refractivity contribution in [2.24, 2.45) is 0 Å². The van der Waals surface area contributed by atoms with Gasteiger partial charge in [0.25, 0.3) is 5.91 Å². The van der Waals surface area contributed by atoms with Gasteiger partial charge in [-0.3, -0.25) is 9.69 Å². The molecule has 4 rings (SSSR count). The number of carbonyl (C=O) groups is 1. The molecule has 0 bridgehead atoms. The van der Waals surface area contributed by atoms with Crippen LogP contribution in [0.25, 0.3) is 16.9 Å². The first-order valence-corrected chi connectivity index (χ1v) is 10.1. The molecule has 0 atom stereocenters. The van der Waals surface area contributed by atoms with Crippen LogP contribution in [-0.4, -0.2) is 71.8 Å². The van der Waals surface area contributed by atoms with Gasteiger partial charge in [0.1, 0.15) is 5.69 Å². The molecule has 1 fully saturated rings. The van der Waals surface area contributed by atoms with Crippen LogP contribution in [0.1, 0.15) is 10.4 Å². The molecule has 1 aliphatic heterocycles. The monoisotopic (exact) mass is 389 g/mol. The average molecular weight is 390 g/mol. The van der Waals surface area contributed by atoms with E-state index in [1.54, 1.807) is 4.68 Å². The van der Waals surface area contributed by atoms with Crippen LogP contribution in [-0.2, 0) is 0 Å². The molecule has 1 aliphatic rings. The van der Waals surface area contributed by atoms with E-state index in [9.17, 15) is 4.79 Å². The Morgan fingerprint density at radius 1 is 0.966 bits per heavy atom. The minimum absolute atomic E-state index is 0.0832. The van der Waals surface area contributed by atoms with Crippen LogP contribution in [0.2, 0.25) is 0 Å². The Bertz CT molecular complexity index is 930. The van der Waals surface area contributed by atoms with Crippen LogP contribution in [0.4, 0.5) is 0 Å². The number of rotatable bonds is 6. The Morgan fingerprint density at radius 3 is 2.31 bits per heavy atom. The van der Waals surface area contributed by atoms with E-state index in [0.717, 1.165) is 44.0 Å². The zero-order chi connectivity index (χ0) is 20.1. The van der Waals surface area contributed by atoms with Crippen molar-refractivity contribution in [3.8, 4) is 16.9 Å². The maximum absolute atomic E-state index is 13.0. The van der Waals surface area contributed by atoms with E-state index in [1.165, 1.54) is 0 Å². The Hall–Kier alpha value is -2.96. The lowest BCUT2D eigenvalue weighted by Crippen LogP contribution is -2.46. The average Bonchev–Trinajstić information content (AvgIpc) is 3.22. The number of hydrogen-bond donors (Lipinski definition) is 1. The summed E-state index contributed by atoms with van der Waals surface area (Å²) in [5.74, 6) is -0.0832. The molecule has 1 saturated heterocycles. The second-order valence-electron chi connectivity index (χ2n) is 7.44. The highest BCUT2D eigenvalue weighted by Gasteiger charge is 2.19. The van der Waals surface area contributed by atoms with Gasteiger partial charge in [0, 0.05) is 51.0 Å². The molecule has 6 heteroatoms. The number of aromatic nitrogens is 2. The summed E-state index contributed by atoms with van der Waals surface area (Å²) in [4.78, 5) is 17.7. The van der Waals surface area contributed by atoms with Gasteiger partial charge >= 0.3 is 0 Å². The van der Waals surface area contributed by atoms with Gasteiger partial charge in [-0.2, -0.15) is 5.10 Å². The van der Waals surface area contributed by atoms with Gasteiger partial charge in [0.15, 0.2) is 0 Å². The molecule has 1 amide bonds. The smallest absolute Gasteiger partial charge is 0.255 e. The molecule has 0 unspecified atom stereocenters. The second kappa shape index (κ2) is 9.03. The third kappa shape index (κ3) is 4.72. The van der Waals surface area contributed by atoms with Gasteiger partial charge in [0.2, 0.25) is 0 Å². The topological polar surface area (TPSA) is 53.4 Å². The molecule has 1 aromatic heterocycles. The third-order valence-corrected chi connectivity index (χ3v) is 5.34. The molecular weight excluding hydrogens is 362 g/mol. The summed E-state index contributed by atoms with van der Waals surface area (Å²) in [7, 11) is 2.15. The zero-order valence-electron chi connectivity index (χ0n) is 16.8. The van der Waals surface area contributed by atoms with Gasteiger partial charge in [0.05, 0.1) is 11.3 Å². The van der Waals surface area contributed by atoms with Crippen LogP contribution in [0.5, 0.6) is 0 Å². The number of piperazine rings is 1. The summed E-state index contributed by atoms with van der Waals surface area (Å²) in [5, 5.41) is 7.80. The maximum Gasteiger partial charge on any atom is 0.255 e. The van der Waals surface area contributed by atoms with Crippen molar-refractivity contribution in [1.82, 2.24) is 24.9 Å². The Kier molecular flexibility index (Phi) is 6.03. The zero-order valence-corrected chi connectivity index (χ0v) is 16.8. The standard InChI is InChI=1S/C23H27N5O/c1-26-14-16-27(17-15-26)13-12-24-23(29)21-18-28(20-10-6-3-7-11-20)25-22(21)19-8-4-2-5-9-19/h2-11,18H,12-17H2,1H3,(H,24,29). The van der Waals surface area contributed by atoms with Crippen molar-refractivity contribution in [2.75, 3.05) is 46.3 Å². The first-order valence-electron chi connectivity index (χ1n) is 10.1. The van der Waals surface area contributed by atoms with Crippen LogP contribution in [0.3, 0.4) is 0 Å². The predicted molar refractivity (Wildman–Crippen MR) is 115 cm³/mol. The van der Waals surface area contributed by atoms with Crippen molar-refractivity contribution in [1.29, 1.82) is 0 Å². The molecular formula is C23H27N5O. The van der Waals surface area contributed by atoms with Crippen molar-refractivity contribution in [2.45, 2.75) is 0 Å². The predicted octanol–water partition coefficient (Wildman–Crippen LogP) is 2.52. The van der Waals surface area contributed by atoms with E-state index < -0.39 is 0 Å². The van der Waals surface area contributed by atoms with Crippen LogP contribution in [0.15, 0.2) is 66.9 Å². The normalized spacial score (nSPS) is 15.3. The number of benzene rings is 2. The lowest BCUT2D eigenvalue weighted by atomic mass is 10.1. The van der Waals surface area contributed by atoms with Crippen molar-refractivity contribution in [3.63, 3.8) is 0 Å². The SMILES string of the molecule is CN1CCN(CCNC(=O)c2cn(-c3ccccc3)nc2-c2ccccc2)CC1. The number of amides is 1. The summed E-state index contributed by atoms with van der Waals surface area (Å²) in [6.45, 7) is 5.76. The fourth-order valence-electron chi connectivity index (χ4n) is 3.56. The fraction of sp³-hybridized carbons (Fsp3) is 0.304. The summed E-state index contributed by atoms with van der Waals surface area (Å²) < 4.78 is 1.78. The third-order valence-electron chi connectivity index (χ3n) is 5.34. The lowest BCUT2D eigenvalue weighted by Gasteiger charge is -2.32. The van der Waals surface area contributed by atoms with Gasteiger partial charge in [-0.15, -0.1) is 0 Å². The first-order chi connectivity index (χ1) is 14.2. The van der Waals surface area contributed by atoms with Crippen LogP contribution in [0, 0.1) is 0 Å². The first kappa shape index (κ1) is 19.4. The summed E-state index contributed by atoms with van der Waals surface area (Å²) in [6, 6.07) is 19.7. The number of para-hydroxylation sites is 1. The number of carbonyl (C=O) groups excluding carboxylic acids is 1. The molecule has 0 aliphatic carbocycles. The highest BCUT2D eigenvalue weighted by Crippen LogP contribution is 2.23. The fourth-order valence-corrected chi connectivity index (χ4v) is 3.56. The molecule has 0 saturated carbocycles. The highest BCUT2D eigenvalue weighted by atomic mass is 16.1. The van der Waals surface area contributed by atoms with E-state index in [0.29, 0.717) is 17.8 Å². The van der Waals surface area contributed by atoms with Crippen molar-refractivity contribution in [3.05, 3.63) is 72.4 Å². The second-order valence-corrected chi connectivity index (χ2v) is 7.44. The largest absolute Gasteiger partial charge is 0.351 e. The molecule has 1 N–H and O–H groups in total. The maximum atomic E-state index is 13.0. The number of nitrogens with zero attached hydrogens (tertiary/aromatic N) is 4. The quantitative estimate of drug-likeness (QED) is 0.704. The van der Waals surface area contributed by atoms with Gasteiger partial charge in [-0.05, 0) is 19.2 Å². The Labute approximate surface area is 171 Å². The molecule has 29 heavy (non-hydrogen) atoms. The van der Waals surface area contributed by atoms with E-state index >= 15 is 0 Å². The van der Waals surface area contributed by atoms with Gasteiger partial charge in [-0.1, -0.05) is 48.5 Å². The van der Waals surface area contributed by atoms with E-state index in [4.69, 9.17) is 5.10 Å². The minimum Gasteiger partial charge on any atom is -0.351 e. The number of hydrogen-bond acceptors (Lipinski definition) is 4. The van der Waals surface area contributed by atoms with Crippen LogP contribution >= 0.6 is 0 Å². The molecule has 3 aromatic rings. The van der Waals surface area contributed by atoms with Crippen molar-refractivity contribution >= 4 is 5.91 Å². The summed E-state index contributed by atoms with van der Waals surface area (Å²) in [5.41, 5.74) is 3.16.